The number of nitrogens with zero attached hydrogens (tertiary/aromatic N) is 1. The molecule has 0 aliphatic carbocycles. The van der Waals surface area contributed by atoms with Crippen LogP contribution in [0.25, 0.3) is 0 Å². The van der Waals surface area contributed by atoms with Gasteiger partial charge in [-0.25, -0.2) is 0 Å². The van der Waals surface area contributed by atoms with Crippen molar-refractivity contribution in [3.8, 4) is 5.75 Å². The molecule has 0 unspecified atom stereocenters. The molecule has 5 nitrogen and oxygen atoms in total. The van der Waals surface area contributed by atoms with E-state index in [1.807, 2.05) is 18.2 Å². The van der Waals surface area contributed by atoms with Crippen molar-refractivity contribution in [2.24, 2.45) is 0 Å². The maximum Gasteiger partial charge on any atom is 0.220 e. The van der Waals surface area contributed by atoms with E-state index in [1.54, 1.807) is 30.5 Å². The second kappa shape index (κ2) is 7.89. The summed E-state index contributed by atoms with van der Waals surface area (Å²) < 4.78 is 5.49. The van der Waals surface area contributed by atoms with E-state index in [9.17, 15) is 4.79 Å². The third-order valence-electron chi connectivity index (χ3n) is 2.91. The first kappa shape index (κ1) is 14.8. The molecule has 0 saturated carbocycles. The van der Waals surface area contributed by atoms with E-state index in [2.05, 4.69) is 10.3 Å². The summed E-state index contributed by atoms with van der Waals surface area (Å²) >= 11 is 0. The van der Waals surface area contributed by atoms with Crippen LogP contribution in [0.3, 0.4) is 0 Å². The molecule has 1 aromatic carbocycles. The van der Waals surface area contributed by atoms with Gasteiger partial charge < -0.3 is 15.8 Å². The molecule has 21 heavy (non-hydrogen) atoms. The fourth-order valence-electron chi connectivity index (χ4n) is 1.80. The van der Waals surface area contributed by atoms with Gasteiger partial charge in [0.2, 0.25) is 5.91 Å². The number of ether oxygens (including phenoxy) is 1. The van der Waals surface area contributed by atoms with Crippen molar-refractivity contribution in [2.75, 3.05) is 18.9 Å². The summed E-state index contributed by atoms with van der Waals surface area (Å²) in [4.78, 5) is 15.8. The summed E-state index contributed by atoms with van der Waals surface area (Å²) in [5.74, 6) is 0.744. The molecule has 0 aliphatic rings. The highest BCUT2D eigenvalue weighted by molar-refractivity contribution is 5.76. The molecule has 0 bridgehead atoms. The van der Waals surface area contributed by atoms with E-state index in [1.165, 1.54) is 0 Å². The predicted molar refractivity (Wildman–Crippen MR) is 81.9 cm³/mol. The monoisotopic (exact) mass is 285 g/mol. The molecule has 0 saturated heterocycles. The number of aromatic nitrogens is 1. The lowest BCUT2D eigenvalue weighted by Gasteiger charge is -2.08. The van der Waals surface area contributed by atoms with Gasteiger partial charge in [-0.05, 0) is 42.8 Å². The van der Waals surface area contributed by atoms with Crippen LogP contribution in [0.4, 0.5) is 5.69 Å². The zero-order valence-electron chi connectivity index (χ0n) is 11.8. The van der Waals surface area contributed by atoms with Crippen molar-refractivity contribution in [2.45, 2.75) is 12.8 Å². The molecule has 5 heteroatoms. The molecular weight excluding hydrogens is 266 g/mol. The zero-order valence-corrected chi connectivity index (χ0v) is 11.8. The second-order valence-electron chi connectivity index (χ2n) is 4.59. The number of amides is 1. The number of hydrogen-bond acceptors (Lipinski definition) is 4. The van der Waals surface area contributed by atoms with Crippen molar-refractivity contribution in [3.05, 3.63) is 54.4 Å². The lowest BCUT2D eigenvalue weighted by Crippen LogP contribution is -2.28. The van der Waals surface area contributed by atoms with E-state index < -0.39 is 0 Å². The highest BCUT2D eigenvalue weighted by atomic mass is 16.5. The number of hydrogen-bond donors (Lipinski definition) is 2. The Morgan fingerprint density at radius 1 is 1.19 bits per heavy atom. The summed E-state index contributed by atoms with van der Waals surface area (Å²) in [6.07, 6.45) is 2.80. The second-order valence-corrected chi connectivity index (χ2v) is 4.59. The quantitative estimate of drug-likeness (QED) is 0.600. The van der Waals surface area contributed by atoms with Gasteiger partial charge >= 0.3 is 0 Å². The van der Waals surface area contributed by atoms with Crippen LogP contribution in [0.5, 0.6) is 5.75 Å². The molecule has 2 rings (SSSR count). The Kier molecular flexibility index (Phi) is 5.58. The summed E-state index contributed by atoms with van der Waals surface area (Å²) in [5, 5.41) is 2.82. The van der Waals surface area contributed by atoms with Gasteiger partial charge in [0.1, 0.15) is 12.4 Å². The number of nitrogens with two attached hydrogens (primary N) is 1. The molecule has 1 amide bonds. The third kappa shape index (κ3) is 5.52. The van der Waals surface area contributed by atoms with Gasteiger partial charge in [-0.1, -0.05) is 6.07 Å². The normalized spacial score (nSPS) is 10.1. The van der Waals surface area contributed by atoms with Crippen molar-refractivity contribution < 1.29 is 9.53 Å². The number of aryl methyl sites for hydroxylation is 1. The lowest BCUT2D eigenvalue weighted by atomic mass is 10.2. The minimum Gasteiger partial charge on any atom is -0.492 e. The minimum absolute atomic E-state index is 0.00144. The van der Waals surface area contributed by atoms with Crippen LogP contribution in [0.2, 0.25) is 0 Å². The standard InChI is InChI=1S/C16H19N3O2/c17-13-4-7-15(8-5-13)21-12-11-19-16(20)9-6-14-3-1-2-10-18-14/h1-5,7-8,10H,6,9,11-12,17H2,(H,19,20). The Bertz CT molecular complexity index is 555. The summed E-state index contributed by atoms with van der Waals surface area (Å²) in [6.45, 7) is 0.907. The van der Waals surface area contributed by atoms with Gasteiger partial charge in [-0.2, -0.15) is 0 Å². The molecule has 0 aliphatic heterocycles. The highest BCUT2D eigenvalue weighted by Crippen LogP contribution is 2.12. The molecular formula is C16H19N3O2. The molecule has 0 atom stereocenters. The van der Waals surface area contributed by atoms with E-state index in [4.69, 9.17) is 10.5 Å². The van der Waals surface area contributed by atoms with E-state index in [0.29, 0.717) is 31.7 Å². The first-order valence-electron chi connectivity index (χ1n) is 6.89. The Balaban J connectivity index is 1.60. The van der Waals surface area contributed by atoms with Gasteiger partial charge in [-0.15, -0.1) is 0 Å². The fraction of sp³-hybridized carbons (Fsp3) is 0.250. The maximum absolute atomic E-state index is 11.7. The average molecular weight is 285 g/mol. The first-order valence-corrected chi connectivity index (χ1v) is 6.89. The molecule has 1 heterocycles. The van der Waals surface area contributed by atoms with Crippen LogP contribution >= 0.6 is 0 Å². The predicted octanol–water partition coefficient (Wildman–Crippen LogP) is 1.79. The number of nitrogen functional groups attached to an aromatic ring is 1. The Labute approximate surface area is 124 Å². The number of pyridine rings is 1. The molecule has 2 aromatic rings. The zero-order chi connectivity index (χ0) is 14.9. The van der Waals surface area contributed by atoms with Crippen molar-refractivity contribution in [1.29, 1.82) is 0 Å². The molecule has 0 radical (unpaired) electrons. The minimum atomic E-state index is 0.00144. The number of carbonyl (C=O) groups excluding carboxylic acids is 1. The largest absolute Gasteiger partial charge is 0.492 e. The number of benzene rings is 1. The van der Waals surface area contributed by atoms with Crippen LogP contribution in [0.15, 0.2) is 48.7 Å². The molecule has 3 N–H and O–H groups in total. The average Bonchev–Trinajstić information content (AvgIpc) is 2.52. The van der Waals surface area contributed by atoms with Gasteiger partial charge in [0, 0.05) is 24.0 Å². The van der Waals surface area contributed by atoms with Crippen LogP contribution in [0, 0.1) is 0 Å². The number of carbonyl (C=O) groups is 1. The Hall–Kier alpha value is -2.56. The third-order valence-corrected chi connectivity index (χ3v) is 2.91. The van der Waals surface area contributed by atoms with Crippen LogP contribution in [-0.4, -0.2) is 24.0 Å². The van der Waals surface area contributed by atoms with Crippen LogP contribution in [0.1, 0.15) is 12.1 Å². The molecule has 0 fully saturated rings. The Morgan fingerprint density at radius 3 is 2.71 bits per heavy atom. The number of rotatable bonds is 7. The van der Waals surface area contributed by atoms with Crippen molar-refractivity contribution in [1.82, 2.24) is 10.3 Å². The summed E-state index contributed by atoms with van der Waals surface area (Å²) in [5.41, 5.74) is 7.21. The van der Waals surface area contributed by atoms with Crippen LogP contribution < -0.4 is 15.8 Å². The van der Waals surface area contributed by atoms with Gasteiger partial charge in [0.15, 0.2) is 0 Å². The van der Waals surface area contributed by atoms with E-state index >= 15 is 0 Å². The van der Waals surface area contributed by atoms with Gasteiger partial charge in [0.25, 0.3) is 0 Å². The Morgan fingerprint density at radius 2 is 2.00 bits per heavy atom. The maximum atomic E-state index is 11.7. The molecule has 1 aromatic heterocycles. The van der Waals surface area contributed by atoms with Gasteiger partial charge in [0.05, 0.1) is 6.54 Å². The SMILES string of the molecule is Nc1ccc(OCCNC(=O)CCc2ccccn2)cc1. The van der Waals surface area contributed by atoms with E-state index in [0.717, 1.165) is 11.4 Å². The van der Waals surface area contributed by atoms with Crippen molar-refractivity contribution >= 4 is 11.6 Å². The molecule has 110 valence electrons. The van der Waals surface area contributed by atoms with E-state index in [-0.39, 0.29) is 5.91 Å². The lowest BCUT2D eigenvalue weighted by molar-refractivity contribution is -0.121. The summed E-state index contributed by atoms with van der Waals surface area (Å²) in [6, 6.07) is 12.9. The van der Waals surface area contributed by atoms with Crippen LogP contribution in [-0.2, 0) is 11.2 Å². The summed E-state index contributed by atoms with van der Waals surface area (Å²) in [7, 11) is 0. The van der Waals surface area contributed by atoms with Crippen molar-refractivity contribution in [3.63, 3.8) is 0 Å². The van der Waals surface area contributed by atoms with Gasteiger partial charge in [-0.3, -0.25) is 9.78 Å². The first-order chi connectivity index (χ1) is 10.2. The number of anilines is 1. The molecule has 0 spiro atoms. The topological polar surface area (TPSA) is 77.2 Å². The number of nitrogens with one attached hydrogen (secondary N) is 1. The highest BCUT2D eigenvalue weighted by Gasteiger charge is 2.02. The fourth-order valence-corrected chi connectivity index (χ4v) is 1.80. The smallest absolute Gasteiger partial charge is 0.220 e.